The van der Waals surface area contributed by atoms with E-state index in [1.54, 1.807) is 3.71 Å². The fourth-order valence-electron chi connectivity index (χ4n) is 3.38. The molecule has 2 aromatic rings. The molecule has 2 nitrogen and oxygen atoms in total. The van der Waals surface area contributed by atoms with Gasteiger partial charge in [-0.25, -0.2) is 0 Å². The Bertz CT molecular complexity index is 565. The first kappa shape index (κ1) is 19.3. The van der Waals surface area contributed by atoms with Gasteiger partial charge in [0.1, 0.15) is 0 Å². The van der Waals surface area contributed by atoms with Crippen LogP contribution in [0.4, 0.5) is 0 Å². The molecule has 2 heterocycles. The van der Waals surface area contributed by atoms with E-state index in [1.165, 1.54) is 68.3 Å². The molecule has 23 heavy (non-hydrogen) atoms. The molecule has 0 N–H and O–H groups in total. The van der Waals surface area contributed by atoms with Gasteiger partial charge in [-0.3, -0.25) is 0 Å². The van der Waals surface area contributed by atoms with Gasteiger partial charge in [-0.05, 0) is 0 Å². The number of nitrogens with zero attached hydrogens (tertiary/aromatic N) is 2. The summed E-state index contributed by atoms with van der Waals surface area (Å²) >= 11 is 1.26. The second-order valence-electron chi connectivity index (χ2n) is 6.84. The van der Waals surface area contributed by atoms with Crippen LogP contribution in [-0.2, 0) is 0 Å². The van der Waals surface area contributed by atoms with Crippen LogP contribution in [0.15, 0.2) is 11.7 Å². The first-order valence-electron chi connectivity index (χ1n) is 9.35. The molecular formula is C19H32N2SSn. The predicted octanol–water partition coefficient (Wildman–Crippen LogP) is 5.76. The van der Waals surface area contributed by atoms with Crippen LogP contribution in [-0.4, -0.2) is 30.5 Å². The summed E-state index contributed by atoms with van der Waals surface area (Å²) < 4.78 is 4.74. The summed E-state index contributed by atoms with van der Waals surface area (Å²) in [6.45, 7) is 9.17. The van der Waals surface area contributed by atoms with Crippen LogP contribution in [0.25, 0.3) is 4.83 Å². The maximum absolute atomic E-state index is 4.53. The van der Waals surface area contributed by atoms with Crippen LogP contribution in [0.3, 0.4) is 0 Å². The zero-order valence-corrected chi connectivity index (χ0v) is 19.0. The molecule has 128 valence electrons. The van der Waals surface area contributed by atoms with Gasteiger partial charge >= 0.3 is 157 Å². The van der Waals surface area contributed by atoms with E-state index in [-0.39, 0.29) is 0 Å². The van der Waals surface area contributed by atoms with E-state index in [0.29, 0.717) is 3.43 Å². The van der Waals surface area contributed by atoms with E-state index >= 15 is 0 Å². The normalized spacial score (nSPS) is 12.3. The summed E-state index contributed by atoms with van der Waals surface area (Å²) in [5.74, 6) is 0. The van der Waals surface area contributed by atoms with Gasteiger partial charge in [0.2, 0.25) is 0 Å². The van der Waals surface area contributed by atoms with Crippen molar-refractivity contribution in [1.82, 2.24) is 9.38 Å². The molecule has 2 rings (SSSR count). The van der Waals surface area contributed by atoms with Crippen molar-refractivity contribution in [3.8, 4) is 0 Å². The molecule has 0 amide bonds. The molecule has 0 spiro atoms. The molecule has 0 aromatic carbocycles. The summed E-state index contributed by atoms with van der Waals surface area (Å²) in [6.07, 6.45) is 14.7. The van der Waals surface area contributed by atoms with Gasteiger partial charge < -0.3 is 0 Å². The first-order valence-corrected chi connectivity index (χ1v) is 13.1. The van der Waals surface area contributed by atoms with Crippen molar-refractivity contribution in [1.29, 1.82) is 0 Å². The average Bonchev–Trinajstić information content (AvgIpc) is 3.12. The molecule has 0 aliphatic heterocycles. The maximum atomic E-state index is 4.53. The second kappa shape index (κ2) is 9.45. The molecule has 4 heteroatoms. The van der Waals surface area contributed by atoms with Gasteiger partial charge in [-0.2, -0.15) is 0 Å². The summed E-state index contributed by atoms with van der Waals surface area (Å²) in [5.41, 5.74) is 1.20. The Labute approximate surface area is 156 Å². The topological polar surface area (TPSA) is 17.3 Å². The van der Waals surface area contributed by atoms with Crippen LogP contribution in [0.5, 0.6) is 0 Å². The van der Waals surface area contributed by atoms with E-state index in [0.717, 1.165) is 0 Å². The van der Waals surface area contributed by atoms with Crippen molar-refractivity contribution in [2.75, 3.05) is 0 Å². The van der Waals surface area contributed by atoms with Crippen LogP contribution in [0.2, 0.25) is 3.43 Å². The molecule has 0 atom stereocenters. The van der Waals surface area contributed by atoms with Crippen molar-refractivity contribution in [2.24, 2.45) is 0 Å². The van der Waals surface area contributed by atoms with Crippen LogP contribution >= 0.6 is 11.3 Å². The molecular weight excluding hydrogens is 407 g/mol. The van der Waals surface area contributed by atoms with Gasteiger partial charge in [0.15, 0.2) is 0 Å². The predicted molar refractivity (Wildman–Crippen MR) is 104 cm³/mol. The van der Waals surface area contributed by atoms with E-state index in [9.17, 15) is 0 Å². The number of aryl methyl sites for hydroxylation is 1. The third-order valence-corrected chi connectivity index (χ3v) is 12.0. The fraction of sp³-hybridized carbons (Fsp3) is 0.737. The molecule has 0 aliphatic carbocycles. The number of unbranched alkanes of at least 4 members (excludes halogenated alkanes) is 3. The van der Waals surface area contributed by atoms with E-state index < -0.39 is 21.1 Å². The Morgan fingerprint density at radius 1 is 1.04 bits per heavy atom. The van der Waals surface area contributed by atoms with E-state index in [1.807, 2.05) is 11.3 Å². The number of aromatic nitrogens is 2. The number of fused-ring (bicyclic) bond motifs is 1. The minimum atomic E-state index is -0.639. The van der Waals surface area contributed by atoms with Gasteiger partial charge in [0, 0.05) is 0 Å². The molecule has 2 radical (unpaired) electrons. The molecule has 0 fully saturated rings. The molecule has 0 unspecified atom stereocenters. The zero-order chi connectivity index (χ0) is 16.7. The first-order chi connectivity index (χ1) is 11.2. The SMILES string of the molecule is CCCC[C](CCCC)(CCCC)[Sn][c]1csc2c(C)ncn12. The van der Waals surface area contributed by atoms with Crippen molar-refractivity contribution in [3.63, 3.8) is 0 Å². The fourth-order valence-corrected chi connectivity index (χ4v) is 10.5. The van der Waals surface area contributed by atoms with Crippen molar-refractivity contribution < 1.29 is 0 Å². The van der Waals surface area contributed by atoms with Gasteiger partial charge in [0.05, 0.1) is 0 Å². The third-order valence-electron chi connectivity index (χ3n) is 4.86. The number of hydrogen-bond donors (Lipinski definition) is 0. The van der Waals surface area contributed by atoms with Crippen LogP contribution in [0, 0.1) is 6.92 Å². The summed E-state index contributed by atoms with van der Waals surface area (Å²) in [7, 11) is 0. The van der Waals surface area contributed by atoms with Gasteiger partial charge in [0.25, 0.3) is 0 Å². The van der Waals surface area contributed by atoms with Crippen molar-refractivity contribution in [2.45, 2.75) is 88.9 Å². The Hall–Kier alpha value is -0.0313. The average molecular weight is 439 g/mol. The number of imidazole rings is 1. The molecule has 0 bridgehead atoms. The van der Waals surface area contributed by atoms with E-state index in [2.05, 4.69) is 48.8 Å². The minimum absolute atomic E-state index is 0.639. The molecule has 0 aliphatic rings. The Morgan fingerprint density at radius 2 is 1.61 bits per heavy atom. The van der Waals surface area contributed by atoms with Gasteiger partial charge in [-0.1, -0.05) is 0 Å². The van der Waals surface area contributed by atoms with Gasteiger partial charge in [-0.15, -0.1) is 0 Å². The summed E-state index contributed by atoms with van der Waals surface area (Å²) in [4.78, 5) is 5.91. The van der Waals surface area contributed by atoms with Crippen LogP contribution < -0.4 is 3.71 Å². The second-order valence-corrected chi connectivity index (χ2v) is 12.9. The number of hydrogen-bond acceptors (Lipinski definition) is 2. The standard InChI is InChI=1S/C13H27.C6H5N2S.Sn/c1-4-7-10-13(11-8-5-2)12-9-6-3;1-5-6-8(4-7-5)2-3-9-6;/h4-12H2,1-3H3;3-4H,1H3;. The monoisotopic (exact) mass is 440 g/mol. The number of thiazole rings is 1. The molecule has 0 saturated carbocycles. The summed E-state index contributed by atoms with van der Waals surface area (Å²) in [6, 6.07) is 0. The number of rotatable bonds is 11. The summed E-state index contributed by atoms with van der Waals surface area (Å²) in [5, 5.41) is 2.45. The third kappa shape index (κ3) is 4.97. The quantitative estimate of drug-likeness (QED) is 0.407. The van der Waals surface area contributed by atoms with E-state index in [4.69, 9.17) is 0 Å². The zero-order valence-electron chi connectivity index (χ0n) is 15.3. The Balaban J connectivity index is 2.25. The molecule has 2 aromatic heterocycles. The van der Waals surface area contributed by atoms with Crippen molar-refractivity contribution >= 4 is 41.0 Å². The Morgan fingerprint density at radius 3 is 2.13 bits per heavy atom. The molecule has 0 saturated heterocycles. The Kier molecular flexibility index (Phi) is 7.93. The van der Waals surface area contributed by atoms with Crippen molar-refractivity contribution in [3.05, 3.63) is 17.4 Å². The van der Waals surface area contributed by atoms with Crippen LogP contribution in [0.1, 0.15) is 84.3 Å².